The zero-order chi connectivity index (χ0) is 10.7. The molecule has 0 aliphatic rings. The minimum absolute atomic E-state index is 0.219. The fourth-order valence-corrected chi connectivity index (χ4v) is 1.22. The molecule has 0 unspecified atom stereocenters. The van der Waals surface area contributed by atoms with Crippen molar-refractivity contribution in [1.29, 1.82) is 5.26 Å². The molecule has 4 heteroatoms. The Balaban J connectivity index is 2.44. The first-order valence-corrected chi connectivity index (χ1v) is 4.32. The Morgan fingerprint density at radius 3 is 3.13 bits per heavy atom. The number of rotatable bonds is 0. The number of aromatic nitrogens is 1. The van der Waals surface area contributed by atoms with E-state index in [1.165, 1.54) is 0 Å². The molecule has 4 nitrogen and oxygen atoms in total. The second-order valence-corrected chi connectivity index (χ2v) is 2.92. The number of benzene rings is 1. The van der Waals surface area contributed by atoms with E-state index in [0.29, 0.717) is 11.4 Å². The highest BCUT2D eigenvalue weighted by Gasteiger charge is 2.03. The number of nitrogens with two attached hydrogens (primary N) is 1. The van der Waals surface area contributed by atoms with E-state index in [1.807, 2.05) is 6.07 Å². The van der Waals surface area contributed by atoms with E-state index in [2.05, 4.69) is 17.0 Å². The van der Waals surface area contributed by atoms with Gasteiger partial charge in [0.15, 0.2) is 11.4 Å². The molecule has 0 atom stereocenters. The maximum atomic E-state index is 8.33. The van der Waals surface area contributed by atoms with Crippen LogP contribution in [0.3, 0.4) is 0 Å². The third kappa shape index (κ3) is 1.74. The molecule has 0 fully saturated rings. The number of fused-ring (bicyclic) bond motifs is 1. The SMILES string of the molecule is N#CCC#Cc1ccc2onc(N)c2c1. The molecule has 2 rings (SSSR count). The molecule has 0 amide bonds. The molecule has 1 heterocycles. The van der Waals surface area contributed by atoms with Gasteiger partial charge in [-0.3, -0.25) is 0 Å². The van der Waals surface area contributed by atoms with Crippen LogP contribution in [0.15, 0.2) is 22.7 Å². The summed E-state index contributed by atoms with van der Waals surface area (Å²) in [7, 11) is 0. The smallest absolute Gasteiger partial charge is 0.174 e. The Bertz CT molecular complexity index is 596. The van der Waals surface area contributed by atoms with Crippen molar-refractivity contribution in [3.63, 3.8) is 0 Å². The van der Waals surface area contributed by atoms with E-state index in [0.717, 1.165) is 10.9 Å². The van der Waals surface area contributed by atoms with Crippen LogP contribution >= 0.6 is 0 Å². The van der Waals surface area contributed by atoms with Crippen LogP contribution in [0.4, 0.5) is 5.82 Å². The summed E-state index contributed by atoms with van der Waals surface area (Å²) >= 11 is 0. The van der Waals surface area contributed by atoms with E-state index in [-0.39, 0.29) is 6.42 Å². The lowest BCUT2D eigenvalue weighted by atomic mass is 10.1. The van der Waals surface area contributed by atoms with Crippen LogP contribution in [0.1, 0.15) is 12.0 Å². The van der Waals surface area contributed by atoms with Gasteiger partial charge < -0.3 is 10.3 Å². The molecule has 72 valence electrons. The quantitative estimate of drug-likeness (QED) is 0.652. The summed E-state index contributed by atoms with van der Waals surface area (Å²) in [6.07, 6.45) is 0.219. The summed E-state index contributed by atoms with van der Waals surface area (Å²) in [5.41, 5.74) is 7.03. The maximum Gasteiger partial charge on any atom is 0.174 e. The van der Waals surface area contributed by atoms with Crippen molar-refractivity contribution in [3.05, 3.63) is 23.8 Å². The molecule has 15 heavy (non-hydrogen) atoms. The van der Waals surface area contributed by atoms with Gasteiger partial charge in [-0.1, -0.05) is 17.0 Å². The molecule has 0 saturated heterocycles. The van der Waals surface area contributed by atoms with Crippen LogP contribution in [-0.4, -0.2) is 5.16 Å². The lowest BCUT2D eigenvalue weighted by molar-refractivity contribution is 0.460. The first kappa shape index (κ1) is 9.11. The summed E-state index contributed by atoms with van der Waals surface area (Å²) in [5.74, 6) is 5.94. The molecule has 0 aliphatic carbocycles. The van der Waals surface area contributed by atoms with E-state index < -0.39 is 0 Å². The topological polar surface area (TPSA) is 75.8 Å². The van der Waals surface area contributed by atoms with Crippen molar-refractivity contribution in [3.8, 4) is 17.9 Å². The Morgan fingerprint density at radius 2 is 2.33 bits per heavy atom. The molecule has 1 aromatic carbocycles. The normalized spacial score (nSPS) is 9.27. The lowest BCUT2D eigenvalue weighted by Gasteiger charge is -1.89. The molecule has 0 bridgehead atoms. The third-order valence-corrected chi connectivity index (χ3v) is 1.90. The monoisotopic (exact) mass is 197 g/mol. The van der Waals surface area contributed by atoms with Crippen molar-refractivity contribution in [1.82, 2.24) is 5.16 Å². The van der Waals surface area contributed by atoms with Gasteiger partial charge in [-0.25, -0.2) is 0 Å². The third-order valence-electron chi connectivity index (χ3n) is 1.90. The number of nitriles is 1. The lowest BCUT2D eigenvalue weighted by Crippen LogP contribution is -1.83. The summed E-state index contributed by atoms with van der Waals surface area (Å²) < 4.78 is 4.95. The average molecular weight is 197 g/mol. The maximum absolute atomic E-state index is 8.33. The van der Waals surface area contributed by atoms with Crippen LogP contribution in [-0.2, 0) is 0 Å². The summed E-state index contributed by atoms with van der Waals surface area (Å²) in [6, 6.07) is 7.31. The Morgan fingerprint density at radius 1 is 1.47 bits per heavy atom. The van der Waals surface area contributed by atoms with Gasteiger partial charge in [0, 0.05) is 5.56 Å². The van der Waals surface area contributed by atoms with E-state index in [1.54, 1.807) is 18.2 Å². The number of nitrogen functional groups attached to an aromatic ring is 1. The minimum atomic E-state index is 0.219. The Labute approximate surface area is 86.3 Å². The van der Waals surface area contributed by atoms with E-state index in [9.17, 15) is 0 Å². The molecule has 0 saturated carbocycles. The molecule has 0 spiro atoms. The number of nitrogens with zero attached hydrogens (tertiary/aromatic N) is 2. The second-order valence-electron chi connectivity index (χ2n) is 2.92. The van der Waals surface area contributed by atoms with Crippen LogP contribution in [0.25, 0.3) is 11.0 Å². The average Bonchev–Trinajstić information content (AvgIpc) is 2.61. The highest BCUT2D eigenvalue weighted by Crippen LogP contribution is 2.20. The van der Waals surface area contributed by atoms with Gasteiger partial charge in [0.2, 0.25) is 0 Å². The van der Waals surface area contributed by atoms with Gasteiger partial charge in [0.25, 0.3) is 0 Å². The van der Waals surface area contributed by atoms with E-state index >= 15 is 0 Å². The van der Waals surface area contributed by atoms with Crippen molar-refractivity contribution >= 4 is 16.8 Å². The van der Waals surface area contributed by atoms with Gasteiger partial charge in [0.05, 0.1) is 17.9 Å². The predicted molar refractivity (Wildman–Crippen MR) is 55.5 cm³/mol. The summed E-state index contributed by atoms with van der Waals surface area (Å²) in [4.78, 5) is 0. The molecular weight excluding hydrogens is 190 g/mol. The van der Waals surface area contributed by atoms with Crippen molar-refractivity contribution in [2.75, 3.05) is 5.73 Å². The Hall–Kier alpha value is -2.46. The van der Waals surface area contributed by atoms with Crippen LogP contribution in [0.2, 0.25) is 0 Å². The summed E-state index contributed by atoms with van der Waals surface area (Å²) in [5, 5.41) is 12.7. The molecule has 0 aliphatic heterocycles. The summed E-state index contributed by atoms with van der Waals surface area (Å²) in [6.45, 7) is 0. The van der Waals surface area contributed by atoms with Crippen molar-refractivity contribution in [2.45, 2.75) is 6.42 Å². The van der Waals surface area contributed by atoms with Crippen LogP contribution in [0.5, 0.6) is 0 Å². The zero-order valence-electron chi connectivity index (χ0n) is 7.82. The number of hydrogen-bond acceptors (Lipinski definition) is 4. The van der Waals surface area contributed by atoms with Crippen LogP contribution in [0, 0.1) is 23.2 Å². The first-order chi connectivity index (χ1) is 7.31. The molecular formula is C11H7N3O. The molecule has 2 aromatic rings. The fourth-order valence-electron chi connectivity index (χ4n) is 1.22. The Kier molecular flexibility index (Phi) is 2.26. The van der Waals surface area contributed by atoms with Gasteiger partial charge in [0.1, 0.15) is 0 Å². The van der Waals surface area contributed by atoms with Gasteiger partial charge in [-0.15, -0.1) is 0 Å². The fraction of sp³-hybridized carbons (Fsp3) is 0.0909. The van der Waals surface area contributed by atoms with E-state index in [4.69, 9.17) is 15.5 Å². The van der Waals surface area contributed by atoms with Gasteiger partial charge in [-0.05, 0) is 18.2 Å². The number of anilines is 1. The molecule has 2 N–H and O–H groups in total. The standard InChI is InChI=1S/C11H7N3O/c12-6-2-1-3-8-4-5-10-9(7-8)11(13)14-15-10/h4-5,7H,2H2,(H2,13,14). The first-order valence-electron chi connectivity index (χ1n) is 4.32. The van der Waals surface area contributed by atoms with Gasteiger partial charge >= 0.3 is 0 Å². The number of hydrogen-bond donors (Lipinski definition) is 1. The van der Waals surface area contributed by atoms with Crippen LogP contribution < -0.4 is 5.73 Å². The highest BCUT2D eigenvalue weighted by atomic mass is 16.5. The molecule has 1 aromatic heterocycles. The highest BCUT2D eigenvalue weighted by molar-refractivity contribution is 5.87. The predicted octanol–water partition coefficient (Wildman–Crippen LogP) is 1.68. The largest absolute Gasteiger partial charge is 0.380 e. The van der Waals surface area contributed by atoms with Crippen molar-refractivity contribution in [2.24, 2.45) is 0 Å². The zero-order valence-corrected chi connectivity index (χ0v) is 7.82. The molecule has 0 radical (unpaired) electrons. The van der Waals surface area contributed by atoms with Crippen molar-refractivity contribution < 1.29 is 4.52 Å². The second kappa shape index (κ2) is 3.73. The van der Waals surface area contributed by atoms with Gasteiger partial charge in [-0.2, -0.15) is 5.26 Å². The minimum Gasteiger partial charge on any atom is -0.380 e.